The molecule has 1 unspecified atom stereocenters. The van der Waals surface area contributed by atoms with Gasteiger partial charge < -0.3 is 15.5 Å². The molecule has 0 radical (unpaired) electrons. The van der Waals surface area contributed by atoms with Gasteiger partial charge in [0.25, 0.3) is 0 Å². The number of anilines is 2. The van der Waals surface area contributed by atoms with Crippen molar-refractivity contribution in [3.63, 3.8) is 0 Å². The average molecular weight is 510 g/mol. The third kappa shape index (κ3) is 4.50. The minimum atomic E-state index is -0.631. The van der Waals surface area contributed by atoms with Gasteiger partial charge >= 0.3 is 5.76 Å². The number of aliphatic imine (C=N–C) groups is 1. The van der Waals surface area contributed by atoms with Gasteiger partial charge in [-0.1, -0.05) is 23.4 Å². The SMILES string of the molecule is CN=Cc1cc(-c2oc3c(C(C)Nc4ccccc4-c4noc(=O)[nH]4)cc(C)cc3c(=O)c2C)ccc1N. The number of rotatable bonds is 6. The lowest BCUT2D eigenvalue weighted by molar-refractivity contribution is 0.388. The van der Waals surface area contributed by atoms with Crippen LogP contribution >= 0.6 is 0 Å². The molecule has 0 amide bonds. The predicted molar refractivity (Wildman–Crippen MR) is 150 cm³/mol. The molecule has 0 saturated heterocycles. The second-order valence-electron chi connectivity index (χ2n) is 9.20. The number of nitrogen functional groups attached to an aromatic ring is 1. The fraction of sp³-hybridized carbons (Fsp3) is 0.172. The van der Waals surface area contributed by atoms with Gasteiger partial charge in [0.15, 0.2) is 11.3 Å². The van der Waals surface area contributed by atoms with Crippen LogP contribution in [0.25, 0.3) is 33.7 Å². The summed E-state index contributed by atoms with van der Waals surface area (Å²) in [6.45, 7) is 5.70. The van der Waals surface area contributed by atoms with E-state index >= 15 is 0 Å². The number of nitrogens with two attached hydrogens (primary N) is 1. The van der Waals surface area contributed by atoms with E-state index in [0.29, 0.717) is 39.4 Å². The largest absolute Gasteiger partial charge is 0.455 e. The van der Waals surface area contributed by atoms with Gasteiger partial charge in [0, 0.05) is 52.5 Å². The number of hydrogen-bond donors (Lipinski definition) is 3. The normalized spacial score (nSPS) is 12.3. The highest BCUT2D eigenvalue weighted by Crippen LogP contribution is 2.34. The number of aromatic nitrogens is 2. The minimum absolute atomic E-state index is 0.0958. The van der Waals surface area contributed by atoms with Gasteiger partial charge in [-0.25, -0.2) is 4.79 Å². The topological polar surface area (TPSA) is 140 Å². The Morgan fingerprint density at radius 1 is 1.11 bits per heavy atom. The molecule has 5 aromatic rings. The second kappa shape index (κ2) is 9.85. The fourth-order valence-corrected chi connectivity index (χ4v) is 4.60. The van der Waals surface area contributed by atoms with E-state index in [1.807, 2.05) is 62.4 Å². The van der Waals surface area contributed by atoms with Crippen LogP contribution in [0.15, 0.2) is 78.1 Å². The van der Waals surface area contributed by atoms with Crippen LogP contribution in [0.5, 0.6) is 0 Å². The van der Waals surface area contributed by atoms with Crippen molar-refractivity contribution in [2.75, 3.05) is 18.1 Å². The van der Waals surface area contributed by atoms with E-state index in [0.717, 1.165) is 27.9 Å². The van der Waals surface area contributed by atoms with Crippen LogP contribution in [-0.2, 0) is 0 Å². The molecule has 0 fully saturated rings. The zero-order valence-electron chi connectivity index (χ0n) is 21.5. The zero-order valence-corrected chi connectivity index (χ0v) is 21.5. The molecule has 5 rings (SSSR count). The summed E-state index contributed by atoms with van der Waals surface area (Å²) in [5.41, 5.74) is 12.2. The maximum Gasteiger partial charge on any atom is 0.439 e. The number of fused-ring (bicyclic) bond motifs is 1. The van der Waals surface area contributed by atoms with Gasteiger partial charge in [-0.3, -0.25) is 19.3 Å². The molecule has 0 aliphatic carbocycles. The molecular formula is C29H27N5O4. The second-order valence-corrected chi connectivity index (χ2v) is 9.20. The molecule has 9 heteroatoms. The Bertz CT molecular complexity index is 1810. The summed E-state index contributed by atoms with van der Waals surface area (Å²) in [4.78, 5) is 31.7. The molecule has 3 aromatic carbocycles. The molecule has 0 saturated carbocycles. The number of aryl methyl sites for hydroxylation is 1. The Morgan fingerprint density at radius 2 is 1.89 bits per heavy atom. The number of para-hydroxylation sites is 1. The number of nitrogens with zero attached hydrogens (tertiary/aromatic N) is 2. The van der Waals surface area contributed by atoms with E-state index in [9.17, 15) is 9.59 Å². The third-order valence-corrected chi connectivity index (χ3v) is 6.47. The minimum Gasteiger partial charge on any atom is -0.455 e. The molecule has 0 aliphatic rings. The first-order valence-electron chi connectivity index (χ1n) is 12.1. The van der Waals surface area contributed by atoms with E-state index in [1.165, 1.54) is 0 Å². The molecular weight excluding hydrogens is 482 g/mol. The predicted octanol–water partition coefficient (Wildman–Crippen LogP) is 5.22. The van der Waals surface area contributed by atoms with Gasteiger partial charge in [0.05, 0.1) is 11.4 Å². The Morgan fingerprint density at radius 3 is 2.63 bits per heavy atom. The molecule has 1 atom stereocenters. The Kier molecular flexibility index (Phi) is 6.42. The van der Waals surface area contributed by atoms with Gasteiger partial charge in [0.1, 0.15) is 11.3 Å². The Labute approximate surface area is 218 Å². The summed E-state index contributed by atoms with van der Waals surface area (Å²) in [5.74, 6) is 0.165. The molecule has 192 valence electrons. The van der Waals surface area contributed by atoms with Crippen molar-refractivity contribution in [3.05, 3.63) is 97.6 Å². The van der Waals surface area contributed by atoms with Gasteiger partial charge in [0.2, 0.25) is 0 Å². The molecule has 2 aromatic heterocycles. The molecule has 2 heterocycles. The fourth-order valence-electron chi connectivity index (χ4n) is 4.60. The van der Waals surface area contributed by atoms with Crippen LogP contribution in [0.3, 0.4) is 0 Å². The molecule has 38 heavy (non-hydrogen) atoms. The van der Waals surface area contributed by atoms with Gasteiger partial charge in [-0.05, 0) is 62.7 Å². The van der Waals surface area contributed by atoms with Crippen molar-refractivity contribution in [2.45, 2.75) is 26.8 Å². The van der Waals surface area contributed by atoms with E-state index in [4.69, 9.17) is 14.7 Å². The maximum absolute atomic E-state index is 13.5. The number of aromatic amines is 1. The Hall–Kier alpha value is -4.92. The molecule has 9 nitrogen and oxygen atoms in total. The van der Waals surface area contributed by atoms with Crippen LogP contribution in [0.4, 0.5) is 11.4 Å². The van der Waals surface area contributed by atoms with Crippen LogP contribution < -0.4 is 22.2 Å². The van der Waals surface area contributed by atoms with E-state index in [1.54, 1.807) is 26.3 Å². The van der Waals surface area contributed by atoms with Crippen LogP contribution in [0.1, 0.15) is 35.2 Å². The maximum atomic E-state index is 13.5. The molecule has 4 N–H and O–H groups in total. The highest BCUT2D eigenvalue weighted by atomic mass is 16.5. The quantitative estimate of drug-likeness (QED) is 0.210. The van der Waals surface area contributed by atoms with Crippen LogP contribution in [0, 0.1) is 13.8 Å². The molecule has 0 spiro atoms. The van der Waals surface area contributed by atoms with Crippen molar-refractivity contribution < 1.29 is 8.94 Å². The number of benzene rings is 3. The van der Waals surface area contributed by atoms with Gasteiger partial charge in [-0.2, -0.15) is 0 Å². The summed E-state index contributed by atoms with van der Waals surface area (Å²) in [7, 11) is 1.68. The Balaban J connectivity index is 1.65. The third-order valence-electron chi connectivity index (χ3n) is 6.47. The first-order valence-corrected chi connectivity index (χ1v) is 12.1. The zero-order chi connectivity index (χ0) is 27.0. The van der Waals surface area contributed by atoms with E-state index in [-0.39, 0.29) is 11.5 Å². The monoisotopic (exact) mass is 509 g/mol. The van der Waals surface area contributed by atoms with Crippen LogP contribution in [-0.4, -0.2) is 23.4 Å². The van der Waals surface area contributed by atoms with Crippen molar-refractivity contribution in [1.82, 2.24) is 10.1 Å². The van der Waals surface area contributed by atoms with E-state index in [2.05, 4.69) is 20.4 Å². The van der Waals surface area contributed by atoms with Crippen molar-refractivity contribution in [3.8, 4) is 22.7 Å². The van der Waals surface area contributed by atoms with E-state index < -0.39 is 5.76 Å². The summed E-state index contributed by atoms with van der Waals surface area (Å²) >= 11 is 0. The van der Waals surface area contributed by atoms with Crippen molar-refractivity contribution in [1.29, 1.82) is 0 Å². The first kappa shape index (κ1) is 24.8. The number of H-pyrrole nitrogens is 1. The summed E-state index contributed by atoms with van der Waals surface area (Å²) in [6.07, 6.45) is 1.67. The highest BCUT2D eigenvalue weighted by molar-refractivity contribution is 5.90. The number of hydrogen-bond acceptors (Lipinski definition) is 8. The standard InChI is InChI=1S/C29H27N5O4/c1-15-11-21(17(3)32-24-8-6-5-7-20(24)28-33-29(36)38-34-28)27-22(12-15)25(35)16(2)26(37-27)18-9-10-23(30)19(13-18)14-31-4/h5-14,17,32H,30H2,1-4H3,(H,33,34,36). The lowest BCUT2D eigenvalue weighted by atomic mass is 9.98. The highest BCUT2D eigenvalue weighted by Gasteiger charge is 2.20. The van der Waals surface area contributed by atoms with Crippen molar-refractivity contribution in [2.24, 2.45) is 4.99 Å². The first-order chi connectivity index (χ1) is 18.3. The lowest BCUT2D eigenvalue weighted by Gasteiger charge is -2.20. The summed E-state index contributed by atoms with van der Waals surface area (Å²) < 4.78 is 11.2. The average Bonchev–Trinajstić information content (AvgIpc) is 3.34. The lowest BCUT2D eigenvalue weighted by Crippen LogP contribution is -2.13. The number of nitrogens with one attached hydrogen (secondary N) is 2. The smallest absolute Gasteiger partial charge is 0.439 e. The molecule has 0 bridgehead atoms. The summed E-state index contributed by atoms with van der Waals surface area (Å²) in [5, 5.41) is 7.81. The molecule has 0 aliphatic heterocycles. The van der Waals surface area contributed by atoms with Crippen molar-refractivity contribution >= 4 is 28.6 Å². The van der Waals surface area contributed by atoms with Crippen LogP contribution in [0.2, 0.25) is 0 Å². The van der Waals surface area contributed by atoms with Gasteiger partial charge in [-0.15, -0.1) is 0 Å². The summed E-state index contributed by atoms with van der Waals surface area (Å²) in [6, 6.07) is 16.5.